The Morgan fingerprint density at radius 1 is 1.32 bits per heavy atom. The van der Waals surface area contributed by atoms with E-state index in [2.05, 4.69) is 11.9 Å². The molecule has 0 aromatic heterocycles. The fourth-order valence-electron chi connectivity index (χ4n) is 3.05. The van der Waals surface area contributed by atoms with Crippen molar-refractivity contribution in [2.45, 2.75) is 38.1 Å². The van der Waals surface area contributed by atoms with Crippen LogP contribution in [0.4, 0.5) is 4.79 Å². The molecule has 2 aliphatic carbocycles. The van der Waals surface area contributed by atoms with Crippen molar-refractivity contribution in [2.24, 2.45) is 17.8 Å². The van der Waals surface area contributed by atoms with Crippen molar-refractivity contribution in [3.8, 4) is 0 Å². The average Bonchev–Trinajstić information content (AvgIpc) is 3.17. The monoisotopic (exact) mass is 267 g/mol. The standard InChI is InChI=1S/C14H21NO4/c1-2-7-19-14(18)15-10-5-3-9(4-6-10)11-8-12(11)13(16)17/h2,9-12H,1,3-8H2,(H,15,18)(H,16,17)/t9?,10?,11-,12+/m0/s1. The largest absolute Gasteiger partial charge is 0.481 e. The maximum absolute atomic E-state index is 11.4. The van der Waals surface area contributed by atoms with Crippen LogP contribution < -0.4 is 5.32 Å². The summed E-state index contributed by atoms with van der Waals surface area (Å²) in [7, 11) is 0. The van der Waals surface area contributed by atoms with Gasteiger partial charge in [0, 0.05) is 6.04 Å². The van der Waals surface area contributed by atoms with E-state index >= 15 is 0 Å². The van der Waals surface area contributed by atoms with Gasteiger partial charge in [-0.1, -0.05) is 12.7 Å². The van der Waals surface area contributed by atoms with E-state index in [1.807, 2.05) is 0 Å². The van der Waals surface area contributed by atoms with E-state index in [0.717, 1.165) is 32.1 Å². The van der Waals surface area contributed by atoms with Gasteiger partial charge in [0.15, 0.2) is 0 Å². The minimum absolute atomic E-state index is 0.118. The third-order valence-electron chi connectivity index (χ3n) is 4.19. The highest BCUT2D eigenvalue weighted by Gasteiger charge is 2.48. The molecule has 0 aromatic rings. The van der Waals surface area contributed by atoms with Crippen molar-refractivity contribution in [1.82, 2.24) is 5.32 Å². The summed E-state index contributed by atoms with van der Waals surface area (Å²) >= 11 is 0. The molecule has 0 spiro atoms. The number of carbonyl (C=O) groups excluding carboxylic acids is 1. The lowest BCUT2D eigenvalue weighted by Gasteiger charge is -2.29. The molecule has 0 aromatic carbocycles. The van der Waals surface area contributed by atoms with Crippen molar-refractivity contribution in [3.63, 3.8) is 0 Å². The Morgan fingerprint density at radius 3 is 2.53 bits per heavy atom. The van der Waals surface area contributed by atoms with E-state index in [1.165, 1.54) is 6.08 Å². The first-order valence-electron chi connectivity index (χ1n) is 6.88. The number of rotatable bonds is 5. The van der Waals surface area contributed by atoms with Gasteiger partial charge in [-0.15, -0.1) is 0 Å². The number of hydrogen-bond donors (Lipinski definition) is 2. The van der Waals surface area contributed by atoms with E-state index in [0.29, 0.717) is 11.8 Å². The van der Waals surface area contributed by atoms with Crippen LogP contribution in [0.15, 0.2) is 12.7 Å². The Morgan fingerprint density at radius 2 is 2.00 bits per heavy atom. The molecule has 19 heavy (non-hydrogen) atoms. The van der Waals surface area contributed by atoms with Crippen LogP contribution in [0.5, 0.6) is 0 Å². The maximum atomic E-state index is 11.4. The fourth-order valence-corrected chi connectivity index (χ4v) is 3.05. The third kappa shape index (κ3) is 3.72. The lowest BCUT2D eigenvalue weighted by Crippen LogP contribution is -2.38. The zero-order chi connectivity index (χ0) is 13.8. The second-order valence-electron chi connectivity index (χ2n) is 5.49. The quantitative estimate of drug-likeness (QED) is 0.749. The first-order chi connectivity index (χ1) is 9.11. The minimum atomic E-state index is -0.654. The Labute approximate surface area is 113 Å². The van der Waals surface area contributed by atoms with Gasteiger partial charge in [-0.05, 0) is 43.9 Å². The molecule has 5 heteroatoms. The van der Waals surface area contributed by atoms with E-state index < -0.39 is 12.1 Å². The van der Waals surface area contributed by atoms with Crippen LogP contribution in [0.1, 0.15) is 32.1 Å². The number of carbonyl (C=O) groups is 2. The summed E-state index contributed by atoms with van der Waals surface area (Å²) in [4.78, 5) is 22.2. The number of nitrogens with one attached hydrogen (secondary N) is 1. The highest BCUT2D eigenvalue weighted by atomic mass is 16.5. The van der Waals surface area contributed by atoms with E-state index in [4.69, 9.17) is 9.84 Å². The van der Waals surface area contributed by atoms with Crippen LogP contribution in [0.3, 0.4) is 0 Å². The van der Waals surface area contributed by atoms with Crippen LogP contribution in [0.2, 0.25) is 0 Å². The molecule has 2 aliphatic rings. The smallest absolute Gasteiger partial charge is 0.407 e. The number of aliphatic carboxylic acids is 1. The summed E-state index contributed by atoms with van der Waals surface area (Å²) in [5, 5.41) is 11.8. The maximum Gasteiger partial charge on any atom is 0.407 e. The van der Waals surface area contributed by atoms with Gasteiger partial charge >= 0.3 is 12.1 Å². The van der Waals surface area contributed by atoms with Gasteiger partial charge in [0.05, 0.1) is 5.92 Å². The fraction of sp³-hybridized carbons (Fsp3) is 0.714. The van der Waals surface area contributed by atoms with Gasteiger partial charge in [0.2, 0.25) is 0 Å². The molecule has 2 atom stereocenters. The molecule has 2 fully saturated rings. The molecular formula is C14H21NO4. The van der Waals surface area contributed by atoms with Gasteiger partial charge in [0.25, 0.3) is 0 Å². The van der Waals surface area contributed by atoms with Crippen LogP contribution >= 0.6 is 0 Å². The normalized spacial score (nSPS) is 33.3. The number of hydrogen-bond acceptors (Lipinski definition) is 3. The molecule has 0 bridgehead atoms. The number of amides is 1. The second kappa shape index (κ2) is 6.08. The first-order valence-corrected chi connectivity index (χ1v) is 6.88. The predicted molar refractivity (Wildman–Crippen MR) is 69.7 cm³/mol. The first kappa shape index (κ1) is 13.9. The molecule has 0 unspecified atom stereocenters. The average molecular weight is 267 g/mol. The minimum Gasteiger partial charge on any atom is -0.481 e. The van der Waals surface area contributed by atoms with Gasteiger partial charge in [-0.2, -0.15) is 0 Å². The van der Waals surface area contributed by atoms with Gasteiger partial charge in [-0.3, -0.25) is 4.79 Å². The summed E-state index contributed by atoms with van der Waals surface area (Å²) in [6.07, 6.45) is 5.81. The van der Waals surface area contributed by atoms with E-state index in [1.54, 1.807) is 0 Å². The Bertz CT molecular complexity index is 360. The van der Waals surface area contributed by atoms with Crippen LogP contribution in [0, 0.1) is 17.8 Å². The molecule has 1 amide bonds. The number of ether oxygens (including phenoxy) is 1. The van der Waals surface area contributed by atoms with Crippen molar-refractivity contribution in [3.05, 3.63) is 12.7 Å². The highest BCUT2D eigenvalue weighted by Crippen LogP contribution is 2.49. The molecule has 0 aliphatic heterocycles. The SMILES string of the molecule is C=CCOC(=O)NC1CCC([C@@H]2C[C@H]2C(=O)O)CC1. The van der Waals surface area contributed by atoms with Gasteiger partial charge in [0.1, 0.15) is 6.61 Å². The molecule has 2 N–H and O–H groups in total. The molecule has 0 heterocycles. The number of carboxylic acids is 1. The van der Waals surface area contributed by atoms with Crippen molar-refractivity contribution in [2.75, 3.05) is 6.61 Å². The highest BCUT2D eigenvalue weighted by molar-refractivity contribution is 5.73. The summed E-state index contributed by atoms with van der Waals surface area (Å²) < 4.78 is 4.88. The Hall–Kier alpha value is -1.52. The van der Waals surface area contributed by atoms with E-state index in [9.17, 15) is 9.59 Å². The van der Waals surface area contributed by atoms with Gasteiger partial charge in [-0.25, -0.2) is 4.79 Å². The third-order valence-corrected chi connectivity index (χ3v) is 4.19. The predicted octanol–water partition coefficient (Wildman–Crippen LogP) is 2.18. The summed E-state index contributed by atoms with van der Waals surface area (Å²) in [5.74, 6) is 0.111. The molecule has 2 rings (SSSR count). The molecule has 106 valence electrons. The molecule has 0 radical (unpaired) electrons. The summed E-state index contributed by atoms with van der Waals surface area (Å²) in [5.41, 5.74) is 0. The molecular weight excluding hydrogens is 246 g/mol. The molecule has 5 nitrogen and oxygen atoms in total. The molecule has 2 saturated carbocycles. The zero-order valence-corrected chi connectivity index (χ0v) is 11.0. The van der Waals surface area contributed by atoms with Crippen molar-refractivity contribution < 1.29 is 19.4 Å². The molecule has 0 saturated heterocycles. The summed E-state index contributed by atoms with van der Waals surface area (Å²) in [6, 6.07) is 0.163. The van der Waals surface area contributed by atoms with Crippen LogP contribution in [-0.2, 0) is 9.53 Å². The number of carboxylic acid groups (broad SMARTS) is 1. The Kier molecular flexibility index (Phi) is 4.45. The lowest BCUT2D eigenvalue weighted by atomic mass is 9.82. The topological polar surface area (TPSA) is 75.6 Å². The van der Waals surface area contributed by atoms with Crippen molar-refractivity contribution >= 4 is 12.1 Å². The second-order valence-corrected chi connectivity index (χ2v) is 5.49. The lowest BCUT2D eigenvalue weighted by molar-refractivity contribution is -0.139. The number of alkyl carbamates (subject to hydrolysis) is 1. The van der Waals surface area contributed by atoms with Crippen molar-refractivity contribution in [1.29, 1.82) is 0 Å². The summed E-state index contributed by atoms with van der Waals surface area (Å²) in [6.45, 7) is 3.71. The Balaban J connectivity index is 1.67. The van der Waals surface area contributed by atoms with Gasteiger partial charge < -0.3 is 15.2 Å². The van der Waals surface area contributed by atoms with Crippen LogP contribution in [0.25, 0.3) is 0 Å². The van der Waals surface area contributed by atoms with Crippen LogP contribution in [-0.4, -0.2) is 29.8 Å². The zero-order valence-electron chi connectivity index (χ0n) is 11.0. The van der Waals surface area contributed by atoms with E-state index in [-0.39, 0.29) is 18.6 Å².